The molecule has 0 bridgehead atoms. The number of amides is 1. The first-order valence-electron chi connectivity index (χ1n) is 5.66. The van der Waals surface area contributed by atoms with Gasteiger partial charge in [-0.25, -0.2) is 0 Å². The van der Waals surface area contributed by atoms with E-state index in [2.05, 4.69) is 11.9 Å². The number of rotatable bonds is 6. The summed E-state index contributed by atoms with van der Waals surface area (Å²) in [6, 6.07) is 10.00. The highest BCUT2D eigenvalue weighted by atomic mass is 16.1. The summed E-state index contributed by atoms with van der Waals surface area (Å²) in [5.41, 5.74) is 1.05. The molecule has 0 heterocycles. The lowest BCUT2D eigenvalue weighted by molar-refractivity contribution is -0.121. The van der Waals surface area contributed by atoms with Crippen LogP contribution in [0.15, 0.2) is 43.0 Å². The van der Waals surface area contributed by atoms with Gasteiger partial charge in [0, 0.05) is 6.04 Å². The molecule has 0 aromatic heterocycles. The highest BCUT2D eigenvalue weighted by molar-refractivity contribution is 5.78. The predicted octanol–water partition coefficient (Wildman–Crippen LogP) is 2.70. The lowest BCUT2D eigenvalue weighted by Crippen LogP contribution is -2.33. The van der Waals surface area contributed by atoms with Crippen molar-refractivity contribution in [2.75, 3.05) is 0 Å². The molecule has 0 saturated carbocycles. The topological polar surface area (TPSA) is 29.1 Å². The van der Waals surface area contributed by atoms with Gasteiger partial charge in [-0.3, -0.25) is 4.79 Å². The number of nitrogens with one attached hydrogen (secondary N) is 1. The molecule has 0 aliphatic carbocycles. The van der Waals surface area contributed by atoms with Gasteiger partial charge in [-0.15, -0.1) is 6.58 Å². The van der Waals surface area contributed by atoms with Gasteiger partial charge in [0.2, 0.25) is 5.91 Å². The minimum absolute atomic E-state index is 0.0859. The Morgan fingerprint density at radius 1 is 1.44 bits per heavy atom. The molecule has 0 aliphatic rings. The third kappa shape index (κ3) is 4.78. The summed E-state index contributed by atoms with van der Waals surface area (Å²) < 4.78 is 0. The van der Waals surface area contributed by atoms with Gasteiger partial charge < -0.3 is 5.32 Å². The second-order valence-electron chi connectivity index (χ2n) is 4.00. The van der Waals surface area contributed by atoms with E-state index in [-0.39, 0.29) is 11.9 Å². The fraction of sp³-hybridized carbons (Fsp3) is 0.357. The van der Waals surface area contributed by atoms with Crippen LogP contribution < -0.4 is 5.32 Å². The molecule has 1 amide bonds. The average molecular weight is 217 g/mol. The Bertz CT molecular complexity index is 332. The lowest BCUT2D eigenvalue weighted by atomic mass is 10.1. The first-order valence-corrected chi connectivity index (χ1v) is 5.66. The van der Waals surface area contributed by atoms with Gasteiger partial charge in [0.05, 0.1) is 6.42 Å². The summed E-state index contributed by atoms with van der Waals surface area (Å²) in [6.45, 7) is 5.69. The molecule has 2 nitrogen and oxygen atoms in total. The van der Waals surface area contributed by atoms with E-state index >= 15 is 0 Å². The number of hydrogen-bond donors (Lipinski definition) is 1. The molecule has 1 unspecified atom stereocenters. The van der Waals surface area contributed by atoms with Gasteiger partial charge in [0.1, 0.15) is 0 Å². The van der Waals surface area contributed by atoms with Crippen LogP contribution in [0.2, 0.25) is 0 Å². The molecule has 1 atom stereocenters. The van der Waals surface area contributed by atoms with Gasteiger partial charge >= 0.3 is 0 Å². The van der Waals surface area contributed by atoms with Crippen molar-refractivity contribution in [2.24, 2.45) is 0 Å². The molecule has 0 fully saturated rings. The minimum Gasteiger partial charge on any atom is -0.353 e. The highest BCUT2D eigenvalue weighted by Gasteiger charge is 2.06. The molecule has 86 valence electrons. The van der Waals surface area contributed by atoms with Crippen LogP contribution in [-0.4, -0.2) is 11.9 Å². The quantitative estimate of drug-likeness (QED) is 0.729. The van der Waals surface area contributed by atoms with Crippen LogP contribution in [0.4, 0.5) is 0 Å². The second-order valence-corrected chi connectivity index (χ2v) is 4.00. The third-order valence-electron chi connectivity index (χ3n) is 2.42. The summed E-state index contributed by atoms with van der Waals surface area (Å²) in [5, 5.41) is 2.98. The summed E-state index contributed by atoms with van der Waals surface area (Å²) in [4.78, 5) is 11.6. The largest absolute Gasteiger partial charge is 0.353 e. The van der Waals surface area contributed by atoms with E-state index in [1.54, 1.807) is 0 Å². The van der Waals surface area contributed by atoms with Crippen LogP contribution in [0.3, 0.4) is 0 Å². The monoisotopic (exact) mass is 217 g/mol. The number of carbonyl (C=O) groups excluding carboxylic acids is 1. The number of carbonyl (C=O) groups is 1. The normalized spacial score (nSPS) is 11.8. The van der Waals surface area contributed by atoms with E-state index in [1.165, 1.54) is 0 Å². The maximum absolute atomic E-state index is 11.6. The van der Waals surface area contributed by atoms with E-state index in [0.29, 0.717) is 6.42 Å². The zero-order valence-electron chi connectivity index (χ0n) is 9.78. The fourth-order valence-corrected chi connectivity index (χ4v) is 1.55. The van der Waals surface area contributed by atoms with E-state index in [1.807, 2.05) is 43.3 Å². The zero-order valence-corrected chi connectivity index (χ0v) is 9.78. The summed E-state index contributed by atoms with van der Waals surface area (Å²) in [6.07, 6.45) is 4.22. The summed E-state index contributed by atoms with van der Waals surface area (Å²) in [7, 11) is 0. The van der Waals surface area contributed by atoms with E-state index in [4.69, 9.17) is 0 Å². The number of benzene rings is 1. The molecule has 1 aromatic carbocycles. The van der Waals surface area contributed by atoms with Crippen molar-refractivity contribution in [2.45, 2.75) is 32.2 Å². The minimum atomic E-state index is 0.0859. The molecule has 0 radical (unpaired) electrons. The van der Waals surface area contributed by atoms with Crippen molar-refractivity contribution in [3.8, 4) is 0 Å². The smallest absolute Gasteiger partial charge is 0.224 e. The summed E-state index contributed by atoms with van der Waals surface area (Å²) >= 11 is 0. The molecular formula is C14H19NO. The first kappa shape index (κ1) is 12.5. The van der Waals surface area contributed by atoms with Gasteiger partial charge in [0.25, 0.3) is 0 Å². The maximum atomic E-state index is 11.6. The van der Waals surface area contributed by atoms with Crippen LogP contribution in [0, 0.1) is 0 Å². The Morgan fingerprint density at radius 3 is 2.75 bits per heavy atom. The van der Waals surface area contributed by atoms with Crippen molar-refractivity contribution in [1.29, 1.82) is 0 Å². The highest BCUT2D eigenvalue weighted by Crippen LogP contribution is 2.01. The Morgan fingerprint density at radius 2 is 2.12 bits per heavy atom. The molecule has 1 rings (SSSR count). The molecule has 0 aliphatic heterocycles. The van der Waals surface area contributed by atoms with Crippen LogP contribution >= 0.6 is 0 Å². The fourth-order valence-electron chi connectivity index (χ4n) is 1.55. The van der Waals surface area contributed by atoms with Crippen LogP contribution in [0.5, 0.6) is 0 Å². The number of allylic oxidation sites excluding steroid dienone is 1. The maximum Gasteiger partial charge on any atom is 0.224 e. The van der Waals surface area contributed by atoms with Crippen LogP contribution in [0.1, 0.15) is 25.3 Å². The number of hydrogen-bond acceptors (Lipinski definition) is 1. The van der Waals surface area contributed by atoms with Crippen LogP contribution in [-0.2, 0) is 11.2 Å². The van der Waals surface area contributed by atoms with E-state index in [0.717, 1.165) is 18.4 Å². The molecule has 2 heteroatoms. The third-order valence-corrected chi connectivity index (χ3v) is 2.42. The van der Waals surface area contributed by atoms with Gasteiger partial charge in [-0.2, -0.15) is 0 Å². The lowest BCUT2D eigenvalue weighted by Gasteiger charge is -2.12. The van der Waals surface area contributed by atoms with Crippen molar-refractivity contribution in [1.82, 2.24) is 5.32 Å². The van der Waals surface area contributed by atoms with Gasteiger partial charge in [-0.1, -0.05) is 36.4 Å². The zero-order chi connectivity index (χ0) is 11.8. The summed E-state index contributed by atoms with van der Waals surface area (Å²) in [5.74, 6) is 0.0859. The van der Waals surface area contributed by atoms with Gasteiger partial charge in [-0.05, 0) is 25.3 Å². The van der Waals surface area contributed by atoms with E-state index in [9.17, 15) is 4.79 Å². The Balaban J connectivity index is 2.33. The molecule has 0 saturated heterocycles. The standard InChI is InChI=1S/C14H19NO/c1-3-4-8-12(2)15-14(16)11-13-9-6-5-7-10-13/h3,5-7,9-10,12H,1,4,8,11H2,2H3,(H,15,16). The predicted molar refractivity (Wildman–Crippen MR) is 67.2 cm³/mol. The molecule has 1 aromatic rings. The molecule has 1 N–H and O–H groups in total. The first-order chi connectivity index (χ1) is 7.72. The van der Waals surface area contributed by atoms with Crippen molar-refractivity contribution >= 4 is 5.91 Å². The Kier molecular flexibility index (Phi) is 5.34. The second kappa shape index (κ2) is 6.83. The molecular weight excluding hydrogens is 198 g/mol. The average Bonchev–Trinajstić information content (AvgIpc) is 2.27. The van der Waals surface area contributed by atoms with Crippen LogP contribution in [0.25, 0.3) is 0 Å². The molecule has 0 spiro atoms. The van der Waals surface area contributed by atoms with Crippen molar-refractivity contribution < 1.29 is 4.79 Å². The van der Waals surface area contributed by atoms with Crippen molar-refractivity contribution in [3.63, 3.8) is 0 Å². The SMILES string of the molecule is C=CCCC(C)NC(=O)Cc1ccccc1. The van der Waals surface area contributed by atoms with Gasteiger partial charge in [0.15, 0.2) is 0 Å². The van der Waals surface area contributed by atoms with Crippen molar-refractivity contribution in [3.05, 3.63) is 48.6 Å². The Hall–Kier alpha value is -1.57. The molecule has 16 heavy (non-hydrogen) atoms. The Labute approximate surface area is 97.4 Å². The van der Waals surface area contributed by atoms with E-state index < -0.39 is 0 Å².